The summed E-state index contributed by atoms with van der Waals surface area (Å²) in [5.74, 6) is 0.181. The van der Waals surface area contributed by atoms with Crippen LogP contribution in [0.1, 0.15) is 26.7 Å². The minimum atomic E-state index is 0.181. The third-order valence-corrected chi connectivity index (χ3v) is 1.11. The van der Waals surface area contributed by atoms with Gasteiger partial charge in [0.15, 0.2) is 5.78 Å². The standard InChI is InChI=1S/C9H14O/c1-3-5-6-7-8-9(10)4-2/h5-8H,3-4H2,1-2H3/b6-5+,8-7+. The Kier molecular flexibility index (Phi) is 5.74. The summed E-state index contributed by atoms with van der Waals surface area (Å²) in [6.07, 6.45) is 8.91. The zero-order valence-corrected chi connectivity index (χ0v) is 6.63. The lowest BCUT2D eigenvalue weighted by atomic mass is 10.3. The van der Waals surface area contributed by atoms with Gasteiger partial charge < -0.3 is 0 Å². The zero-order valence-electron chi connectivity index (χ0n) is 6.63. The molecule has 10 heavy (non-hydrogen) atoms. The molecular weight excluding hydrogens is 124 g/mol. The van der Waals surface area contributed by atoms with Crippen molar-refractivity contribution in [3.8, 4) is 0 Å². The largest absolute Gasteiger partial charge is 0.295 e. The molecule has 0 spiro atoms. The maximum absolute atomic E-state index is 10.7. The van der Waals surface area contributed by atoms with E-state index in [9.17, 15) is 4.79 Å². The predicted molar refractivity (Wildman–Crippen MR) is 43.9 cm³/mol. The van der Waals surface area contributed by atoms with Crippen molar-refractivity contribution >= 4 is 5.78 Å². The lowest BCUT2D eigenvalue weighted by Gasteiger charge is -1.80. The molecule has 0 amide bonds. The van der Waals surface area contributed by atoms with Gasteiger partial charge in [-0.3, -0.25) is 4.79 Å². The van der Waals surface area contributed by atoms with E-state index in [0.717, 1.165) is 6.42 Å². The molecular formula is C9H14O. The molecule has 56 valence electrons. The molecule has 1 heteroatoms. The molecule has 0 saturated carbocycles. The highest BCUT2D eigenvalue weighted by Gasteiger charge is 1.85. The van der Waals surface area contributed by atoms with Crippen LogP contribution in [0.2, 0.25) is 0 Å². The summed E-state index contributed by atoms with van der Waals surface area (Å²) >= 11 is 0. The summed E-state index contributed by atoms with van der Waals surface area (Å²) in [5.41, 5.74) is 0. The van der Waals surface area contributed by atoms with E-state index in [-0.39, 0.29) is 5.78 Å². The quantitative estimate of drug-likeness (QED) is 0.431. The molecule has 0 radical (unpaired) electrons. The molecule has 0 aliphatic carbocycles. The number of hydrogen-bond acceptors (Lipinski definition) is 1. The number of carbonyl (C=O) groups is 1. The maximum atomic E-state index is 10.7. The van der Waals surface area contributed by atoms with Gasteiger partial charge in [0.2, 0.25) is 0 Å². The van der Waals surface area contributed by atoms with Crippen molar-refractivity contribution in [3.63, 3.8) is 0 Å². The van der Waals surface area contributed by atoms with E-state index in [4.69, 9.17) is 0 Å². The molecule has 0 aromatic carbocycles. The Hall–Kier alpha value is -0.850. The summed E-state index contributed by atoms with van der Waals surface area (Å²) < 4.78 is 0. The van der Waals surface area contributed by atoms with Crippen LogP contribution in [0.3, 0.4) is 0 Å². The molecule has 0 bridgehead atoms. The van der Waals surface area contributed by atoms with E-state index < -0.39 is 0 Å². The highest BCUT2D eigenvalue weighted by Crippen LogP contribution is 1.85. The van der Waals surface area contributed by atoms with Crippen LogP contribution in [-0.2, 0) is 4.79 Å². The first-order valence-electron chi connectivity index (χ1n) is 3.67. The third-order valence-electron chi connectivity index (χ3n) is 1.11. The van der Waals surface area contributed by atoms with Crippen LogP contribution in [-0.4, -0.2) is 5.78 Å². The van der Waals surface area contributed by atoms with Crippen molar-refractivity contribution < 1.29 is 4.79 Å². The average molecular weight is 138 g/mol. The summed E-state index contributed by atoms with van der Waals surface area (Å²) in [7, 11) is 0. The first-order valence-corrected chi connectivity index (χ1v) is 3.67. The van der Waals surface area contributed by atoms with Gasteiger partial charge in [-0.25, -0.2) is 0 Å². The summed E-state index contributed by atoms with van der Waals surface area (Å²) in [6.45, 7) is 3.92. The van der Waals surface area contributed by atoms with E-state index >= 15 is 0 Å². The van der Waals surface area contributed by atoms with Crippen molar-refractivity contribution in [3.05, 3.63) is 24.3 Å². The molecule has 0 heterocycles. The highest BCUT2D eigenvalue weighted by atomic mass is 16.1. The Morgan fingerprint density at radius 3 is 2.50 bits per heavy atom. The second-order valence-electron chi connectivity index (χ2n) is 2.02. The molecule has 0 aromatic rings. The van der Waals surface area contributed by atoms with Crippen LogP contribution in [0.5, 0.6) is 0 Å². The number of hydrogen-bond donors (Lipinski definition) is 0. The van der Waals surface area contributed by atoms with Gasteiger partial charge in [0.05, 0.1) is 0 Å². The number of carbonyl (C=O) groups excluding carboxylic acids is 1. The highest BCUT2D eigenvalue weighted by molar-refractivity contribution is 5.89. The van der Waals surface area contributed by atoms with Crippen molar-refractivity contribution in [2.75, 3.05) is 0 Å². The van der Waals surface area contributed by atoms with Gasteiger partial charge in [-0.05, 0) is 12.5 Å². The summed E-state index contributed by atoms with van der Waals surface area (Å²) in [5, 5.41) is 0. The van der Waals surface area contributed by atoms with Crippen LogP contribution < -0.4 is 0 Å². The lowest BCUT2D eigenvalue weighted by molar-refractivity contribution is -0.114. The van der Waals surface area contributed by atoms with E-state index in [0.29, 0.717) is 6.42 Å². The molecule has 0 saturated heterocycles. The van der Waals surface area contributed by atoms with Crippen molar-refractivity contribution in [1.29, 1.82) is 0 Å². The smallest absolute Gasteiger partial charge is 0.155 e. The monoisotopic (exact) mass is 138 g/mol. The van der Waals surface area contributed by atoms with E-state index in [1.807, 2.05) is 19.1 Å². The fourth-order valence-electron chi connectivity index (χ4n) is 0.495. The minimum absolute atomic E-state index is 0.181. The normalized spacial score (nSPS) is 11.4. The van der Waals surface area contributed by atoms with E-state index in [1.165, 1.54) is 0 Å². The Morgan fingerprint density at radius 2 is 2.00 bits per heavy atom. The first-order chi connectivity index (χ1) is 4.81. The van der Waals surface area contributed by atoms with Crippen LogP contribution in [0.15, 0.2) is 24.3 Å². The second kappa shape index (κ2) is 6.27. The Balaban J connectivity index is 3.55. The van der Waals surface area contributed by atoms with Crippen LogP contribution >= 0.6 is 0 Å². The van der Waals surface area contributed by atoms with Gasteiger partial charge in [-0.15, -0.1) is 0 Å². The number of allylic oxidation sites excluding steroid dienone is 4. The molecule has 0 unspecified atom stereocenters. The van der Waals surface area contributed by atoms with Crippen molar-refractivity contribution in [1.82, 2.24) is 0 Å². The molecule has 0 fully saturated rings. The molecule has 0 aliphatic heterocycles. The third kappa shape index (κ3) is 5.29. The summed E-state index contributed by atoms with van der Waals surface area (Å²) in [6, 6.07) is 0. The SMILES string of the molecule is CC/C=C/C=C/C(=O)CC. The maximum Gasteiger partial charge on any atom is 0.155 e. The number of ketones is 1. The molecule has 0 aliphatic rings. The Morgan fingerprint density at radius 1 is 1.30 bits per heavy atom. The second-order valence-corrected chi connectivity index (χ2v) is 2.02. The van der Waals surface area contributed by atoms with Gasteiger partial charge in [-0.2, -0.15) is 0 Å². The zero-order chi connectivity index (χ0) is 7.82. The molecule has 1 nitrogen and oxygen atoms in total. The Labute approximate surface area is 62.4 Å². The predicted octanol–water partition coefficient (Wildman–Crippen LogP) is 2.49. The molecule has 0 atom stereocenters. The minimum Gasteiger partial charge on any atom is -0.295 e. The van der Waals surface area contributed by atoms with Crippen LogP contribution in [0.25, 0.3) is 0 Å². The average Bonchev–Trinajstić information content (AvgIpc) is 1.98. The topological polar surface area (TPSA) is 17.1 Å². The number of rotatable bonds is 4. The Bertz CT molecular complexity index is 143. The van der Waals surface area contributed by atoms with E-state index in [1.54, 1.807) is 12.2 Å². The van der Waals surface area contributed by atoms with Crippen molar-refractivity contribution in [2.24, 2.45) is 0 Å². The fraction of sp³-hybridized carbons (Fsp3) is 0.444. The molecule has 0 aromatic heterocycles. The van der Waals surface area contributed by atoms with Gasteiger partial charge in [0.1, 0.15) is 0 Å². The first kappa shape index (κ1) is 9.15. The van der Waals surface area contributed by atoms with Gasteiger partial charge >= 0.3 is 0 Å². The van der Waals surface area contributed by atoms with Crippen LogP contribution in [0, 0.1) is 0 Å². The van der Waals surface area contributed by atoms with Gasteiger partial charge in [-0.1, -0.05) is 32.1 Å². The summed E-state index contributed by atoms with van der Waals surface area (Å²) in [4.78, 5) is 10.7. The molecule has 0 rings (SSSR count). The van der Waals surface area contributed by atoms with E-state index in [2.05, 4.69) is 6.92 Å². The lowest BCUT2D eigenvalue weighted by Crippen LogP contribution is -1.85. The van der Waals surface area contributed by atoms with Gasteiger partial charge in [0, 0.05) is 6.42 Å². The molecule has 0 N–H and O–H groups in total. The van der Waals surface area contributed by atoms with Crippen LogP contribution in [0.4, 0.5) is 0 Å². The fourth-order valence-corrected chi connectivity index (χ4v) is 0.495. The van der Waals surface area contributed by atoms with Crippen molar-refractivity contribution in [2.45, 2.75) is 26.7 Å². The van der Waals surface area contributed by atoms with Gasteiger partial charge in [0.25, 0.3) is 0 Å².